The van der Waals surface area contributed by atoms with Gasteiger partial charge in [-0.05, 0) is 37.6 Å². The molecule has 0 atom stereocenters. The van der Waals surface area contributed by atoms with Gasteiger partial charge in [0.05, 0.1) is 12.1 Å². The number of amides is 1. The van der Waals surface area contributed by atoms with E-state index in [0.717, 1.165) is 37.3 Å². The number of ether oxygens (including phenoxy) is 1. The summed E-state index contributed by atoms with van der Waals surface area (Å²) < 4.78 is 8.04. The van der Waals surface area contributed by atoms with E-state index in [1.807, 2.05) is 16.7 Å². The monoisotopic (exact) mass is 342 g/mol. The molecule has 2 aromatic heterocycles. The van der Waals surface area contributed by atoms with Gasteiger partial charge in [-0.1, -0.05) is 0 Å². The summed E-state index contributed by atoms with van der Waals surface area (Å²) in [7, 11) is 2.12. The summed E-state index contributed by atoms with van der Waals surface area (Å²) in [5.74, 6) is 0.879. The van der Waals surface area contributed by atoms with E-state index < -0.39 is 0 Å². The molecule has 0 saturated carbocycles. The maximum absolute atomic E-state index is 12.6. The van der Waals surface area contributed by atoms with Gasteiger partial charge >= 0.3 is 0 Å². The number of carbonyl (C=O) groups is 1. The van der Waals surface area contributed by atoms with Gasteiger partial charge in [-0.25, -0.2) is 0 Å². The molecule has 0 bridgehead atoms. The van der Waals surface area contributed by atoms with Crippen molar-refractivity contribution in [2.24, 2.45) is 0 Å². The van der Waals surface area contributed by atoms with Crippen LogP contribution in [0.15, 0.2) is 24.5 Å². The molecule has 4 heterocycles. The Bertz CT molecular complexity index is 752. The van der Waals surface area contributed by atoms with Crippen LogP contribution in [0, 0.1) is 0 Å². The van der Waals surface area contributed by atoms with E-state index in [1.165, 1.54) is 0 Å². The van der Waals surface area contributed by atoms with Gasteiger partial charge in [0.25, 0.3) is 5.91 Å². The van der Waals surface area contributed by atoms with Crippen molar-refractivity contribution in [2.75, 3.05) is 20.1 Å². The number of rotatable bonds is 3. The van der Waals surface area contributed by atoms with Gasteiger partial charge in [0.15, 0.2) is 5.82 Å². The maximum atomic E-state index is 12.6. The van der Waals surface area contributed by atoms with Crippen LogP contribution in [0.25, 0.3) is 0 Å². The molecule has 2 aromatic rings. The molecule has 1 spiro atoms. The number of likely N-dealkylation sites (tertiary alicyclic amines) is 1. The van der Waals surface area contributed by atoms with E-state index in [4.69, 9.17) is 4.74 Å². The number of fused-ring (bicyclic) bond motifs is 1. The summed E-state index contributed by atoms with van der Waals surface area (Å²) in [5.41, 5.74) is 0.791. The molecule has 0 radical (unpaired) electrons. The number of nitrogens with one attached hydrogen (secondary N) is 1. The minimum absolute atomic E-state index is 0.206. The van der Waals surface area contributed by atoms with Gasteiger partial charge in [-0.15, -0.1) is 10.2 Å². The van der Waals surface area contributed by atoms with Crippen molar-refractivity contribution in [2.45, 2.75) is 38.1 Å². The predicted octanol–water partition coefficient (Wildman–Crippen LogP) is 0.598. The molecule has 1 fully saturated rings. The van der Waals surface area contributed by atoms with Crippen molar-refractivity contribution in [1.29, 1.82) is 0 Å². The Balaban J connectivity index is 1.48. The van der Waals surface area contributed by atoms with Crippen molar-refractivity contribution in [3.63, 3.8) is 0 Å². The normalized spacial score (nSPS) is 19.6. The van der Waals surface area contributed by atoms with Crippen molar-refractivity contribution in [3.05, 3.63) is 41.7 Å². The second-order valence-electron chi connectivity index (χ2n) is 6.84. The zero-order valence-corrected chi connectivity index (χ0v) is 14.3. The van der Waals surface area contributed by atoms with Crippen LogP contribution in [0.4, 0.5) is 0 Å². The highest BCUT2D eigenvalue weighted by Crippen LogP contribution is 2.32. The first kappa shape index (κ1) is 16.2. The summed E-state index contributed by atoms with van der Waals surface area (Å²) in [6.07, 6.45) is 5.33. The summed E-state index contributed by atoms with van der Waals surface area (Å²) in [5, 5.41) is 11.1. The molecule has 0 unspecified atom stereocenters. The van der Waals surface area contributed by atoms with Gasteiger partial charge in [0.1, 0.15) is 6.61 Å². The van der Waals surface area contributed by atoms with Gasteiger partial charge in [-0.2, -0.15) is 0 Å². The molecule has 0 aliphatic carbocycles. The van der Waals surface area contributed by atoms with Crippen LogP contribution >= 0.6 is 0 Å². The first-order chi connectivity index (χ1) is 12.2. The van der Waals surface area contributed by atoms with E-state index in [1.54, 1.807) is 12.4 Å². The van der Waals surface area contributed by atoms with Crippen molar-refractivity contribution in [3.8, 4) is 0 Å². The Morgan fingerprint density at radius 3 is 2.80 bits per heavy atom. The largest absolute Gasteiger partial charge is 0.365 e. The SMILES string of the molecule is CN1CCC2(CC1)Cn1c(nnc1C(=O)NCc1ccncc1)CO2. The van der Waals surface area contributed by atoms with Crippen molar-refractivity contribution >= 4 is 5.91 Å². The molecule has 4 rings (SSSR count). The fourth-order valence-corrected chi connectivity index (χ4v) is 3.42. The second-order valence-corrected chi connectivity index (χ2v) is 6.84. The smallest absolute Gasteiger partial charge is 0.289 e. The minimum Gasteiger partial charge on any atom is -0.365 e. The van der Waals surface area contributed by atoms with Crippen LogP contribution in [-0.4, -0.2) is 56.3 Å². The Hall–Kier alpha value is -2.32. The Morgan fingerprint density at radius 1 is 1.28 bits per heavy atom. The molecule has 1 N–H and O–H groups in total. The highest BCUT2D eigenvalue weighted by molar-refractivity contribution is 5.90. The Kier molecular flexibility index (Phi) is 4.22. The fourth-order valence-electron chi connectivity index (χ4n) is 3.42. The summed E-state index contributed by atoms with van der Waals surface area (Å²) >= 11 is 0. The van der Waals surface area contributed by atoms with Crippen LogP contribution in [0.5, 0.6) is 0 Å². The first-order valence-corrected chi connectivity index (χ1v) is 8.57. The molecule has 2 aliphatic rings. The number of hydrogen-bond acceptors (Lipinski definition) is 6. The highest BCUT2D eigenvalue weighted by atomic mass is 16.5. The van der Waals surface area contributed by atoms with Gasteiger partial charge in [0.2, 0.25) is 5.82 Å². The van der Waals surface area contributed by atoms with E-state index in [9.17, 15) is 4.79 Å². The third-order valence-corrected chi connectivity index (χ3v) is 5.08. The molecule has 2 aliphatic heterocycles. The molecule has 8 heteroatoms. The molecule has 1 amide bonds. The number of pyridine rings is 1. The van der Waals surface area contributed by atoms with E-state index >= 15 is 0 Å². The summed E-state index contributed by atoms with van der Waals surface area (Å²) in [4.78, 5) is 18.9. The van der Waals surface area contributed by atoms with Crippen LogP contribution in [0.1, 0.15) is 34.8 Å². The van der Waals surface area contributed by atoms with Gasteiger partial charge in [-0.3, -0.25) is 9.78 Å². The van der Waals surface area contributed by atoms with Crippen LogP contribution in [-0.2, 0) is 24.4 Å². The second kappa shape index (κ2) is 6.53. The lowest BCUT2D eigenvalue weighted by molar-refractivity contribution is -0.120. The van der Waals surface area contributed by atoms with E-state index in [0.29, 0.717) is 25.5 Å². The average molecular weight is 342 g/mol. The fraction of sp³-hybridized carbons (Fsp3) is 0.529. The lowest BCUT2D eigenvalue weighted by Crippen LogP contribution is -2.50. The molecule has 1 saturated heterocycles. The summed E-state index contributed by atoms with van der Waals surface area (Å²) in [6.45, 7) is 3.49. The van der Waals surface area contributed by atoms with Crippen molar-refractivity contribution in [1.82, 2.24) is 30.0 Å². The highest BCUT2D eigenvalue weighted by Gasteiger charge is 2.40. The molecule has 25 heavy (non-hydrogen) atoms. The first-order valence-electron chi connectivity index (χ1n) is 8.57. The number of hydrogen-bond donors (Lipinski definition) is 1. The average Bonchev–Trinajstić information content (AvgIpc) is 3.06. The van der Waals surface area contributed by atoms with Gasteiger partial charge < -0.3 is 19.5 Å². The van der Waals surface area contributed by atoms with Crippen LogP contribution < -0.4 is 5.32 Å². The third-order valence-electron chi connectivity index (χ3n) is 5.08. The minimum atomic E-state index is -0.208. The zero-order chi connectivity index (χ0) is 17.3. The molecule has 8 nitrogen and oxygen atoms in total. The molecule has 0 aromatic carbocycles. The lowest BCUT2D eigenvalue weighted by atomic mass is 9.90. The zero-order valence-electron chi connectivity index (χ0n) is 14.3. The topological polar surface area (TPSA) is 85.2 Å². The number of piperidine rings is 1. The lowest BCUT2D eigenvalue weighted by Gasteiger charge is -2.43. The van der Waals surface area contributed by atoms with Crippen LogP contribution in [0.2, 0.25) is 0 Å². The maximum Gasteiger partial charge on any atom is 0.289 e. The number of aromatic nitrogens is 4. The number of nitrogens with zero attached hydrogens (tertiary/aromatic N) is 5. The Labute approximate surface area is 146 Å². The van der Waals surface area contributed by atoms with E-state index in [-0.39, 0.29) is 11.5 Å². The molecule has 132 valence electrons. The van der Waals surface area contributed by atoms with Crippen LogP contribution in [0.3, 0.4) is 0 Å². The predicted molar refractivity (Wildman–Crippen MR) is 89.7 cm³/mol. The van der Waals surface area contributed by atoms with E-state index in [2.05, 4.69) is 32.4 Å². The molecular weight excluding hydrogens is 320 g/mol. The Morgan fingerprint density at radius 2 is 2.04 bits per heavy atom. The third kappa shape index (κ3) is 3.27. The quantitative estimate of drug-likeness (QED) is 0.879. The number of carbonyl (C=O) groups excluding carboxylic acids is 1. The standard InChI is InChI=1S/C17H22N6O2/c1-22-8-4-17(5-9-22)12-23-14(11-25-17)20-21-15(23)16(24)19-10-13-2-6-18-7-3-13/h2-3,6-7H,4-5,8-12H2,1H3,(H,19,24). The van der Waals surface area contributed by atoms with Crippen molar-refractivity contribution < 1.29 is 9.53 Å². The molecular formula is C17H22N6O2. The summed E-state index contributed by atoms with van der Waals surface area (Å²) in [6, 6.07) is 3.75. The van der Waals surface area contributed by atoms with Gasteiger partial charge in [0, 0.05) is 32.0 Å².